The molecule has 0 atom stereocenters. The number of nitrogen functional groups attached to an aromatic ring is 1. The highest BCUT2D eigenvalue weighted by Crippen LogP contribution is 2.31. The average Bonchev–Trinajstić information content (AvgIpc) is 3.10. The van der Waals surface area contributed by atoms with Gasteiger partial charge in [-0.1, -0.05) is 24.3 Å². The predicted octanol–water partition coefficient (Wildman–Crippen LogP) is 2.99. The number of hydrogen-bond acceptors (Lipinski definition) is 6. The van der Waals surface area contributed by atoms with Crippen LogP contribution in [0.5, 0.6) is 0 Å². The predicted molar refractivity (Wildman–Crippen MR) is 100 cm³/mol. The fourth-order valence-electron chi connectivity index (χ4n) is 2.67. The van der Waals surface area contributed by atoms with Gasteiger partial charge in [-0.15, -0.1) is 5.10 Å². The van der Waals surface area contributed by atoms with E-state index in [1.807, 2.05) is 30.3 Å². The monoisotopic (exact) mass is 405 g/mol. The zero-order chi connectivity index (χ0) is 18.1. The summed E-state index contributed by atoms with van der Waals surface area (Å²) in [5.41, 5.74) is 9.16. The molecule has 0 saturated heterocycles. The largest absolute Gasteiger partial charge is 0.381 e. The van der Waals surface area contributed by atoms with Gasteiger partial charge in [0.25, 0.3) is 0 Å². The van der Waals surface area contributed by atoms with Gasteiger partial charge in [0.2, 0.25) is 0 Å². The summed E-state index contributed by atoms with van der Waals surface area (Å²) >= 11 is 3.53. The van der Waals surface area contributed by atoms with Gasteiger partial charge in [-0.25, -0.2) is 14.5 Å². The Morgan fingerprint density at radius 1 is 1.12 bits per heavy atom. The van der Waals surface area contributed by atoms with Crippen molar-refractivity contribution < 1.29 is 0 Å². The second-order valence-electron chi connectivity index (χ2n) is 5.56. The highest BCUT2D eigenvalue weighted by molar-refractivity contribution is 9.10. The van der Waals surface area contributed by atoms with E-state index in [1.165, 1.54) is 0 Å². The van der Waals surface area contributed by atoms with Crippen molar-refractivity contribution in [2.45, 2.75) is 6.42 Å². The molecular formula is C18H12BrN7. The highest BCUT2D eigenvalue weighted by Gasteiger charge is 2.18. The summed E-state index contributed by atoms with van der Waals surface area (Å²) in [6.45, 7) is 0. The van der Waals surface area contributed by atoms with Gasteiger partial charge in [0.1, 0.15) is 10.3 Å². The van der Waals surface area contributed by atoms with Crippen molar-refractivity contribution >= 4 is 27.4 Å². The van der Waals surface area contributed by atoms with Crippen LogP contribution in [0.15, 0.2) is 53.3 Å². The molecule has 126 valence electrons. The Balaban J connectivity index is 1.85. The third-order valence-electron chi connectivity index (χ3n) is 3.86. The first-order chi connectivity index (χ1) is 12.7. The highest BCUT2D eigenvalue weighted by atomic mass is 79.9. The quantitative estimate of drug-likeness (QED) is 0.561. The van der Waals surface area contributed by atoms with Gasteiger partial charge in [-0.3, -0.25) is 4.98 Å². The van der Waals surface area contributed by atoms with Crippen molar-refractivity contribution in [3.8, 4) is 17.3 Å². The van der Waals surface area contributed by atoms with Crippen molar-refractivity contribution in [1.82, 2.24) is 24.6 Å². The molecule has 0 radical (unpaired) electrons. The molecule has 2 N–H and O–H groups in total. The lowest BCUT2D eigenvalue weighted by molar-refractivity contribution is 0.869. The maximum absolute atomic E-state index is 9.36. The lowest BCUT2D eigenvalue weighted by Gasteiger charge is -2.08. The third kappa shape index (κ3) is 2.78. The standard InChI is InChI=1S/C18H12BrN7/c19-16-15(13-7-2-1-5-11(13)10-20)24-17(21)18-23-14(25-26(16)18)9-12-6-3-4-8-22-12/h1-8H,9H2,(H2,21,24). The number of rotatable bonds is 3. The Morgan fingerprint density at radius 3 is 2.69 bits per heavy atom. The van der Waals surface area contributed by atoms with Crippen LogP contribution in [-0.2, 0) is 6.42 Å². The molecule has 4 rings (SSSR count). The van der Waals surface area contributed by atoms with Crippen molar-refractivity contribution in [3.63, 3.8) is 0 Å². The Kier molecular flexibility index (Phi) is 4.07. The maximum Gasteiger partial charge on any atom is 0.199 e. The summed E-state index contributed by atoms with van der Waals surface area (Å²) in [5.74, 6) is 0.833. The molecule has 1 aromatic carbocycles. The maximum atomic E-state index is 9.36. The molecule has 0 bridgehead atoms. The van der Waals surface area contributed by atoms with Crippen LogP contribution in [0.2, 0.25) is 0 Å². The van der Waals surface area contributed by atoms with Crippen molar-refractivity contribution in [2.75, 3.05) is 5.73 Å². The molecule has 0 saturated carbocycles. The first-order valence-electron chi connectivity index (χ1n) is 7.77. The van der Waals surface area contributed by atoms with E-state index in [2.05, 4.69) is 42.0 Å². The zero-order valence-electron chi connectivity index (χ0n) is 13.5. The van der Waals surface area contributed by atoms with Gasteiger partial charge >= 0.3 is 0 Å². The number of aromatic nitrogens is 5. The first kappa shape index (κ1) is 16.2. The number of fused-ring (bicyclic) bond motifs is 1. The molecule has 0 aliphatic rings. The Morgan fingerprint density at radius 2 is 1.92 bits per heavy atom. The smallest absolute Gasteiger partial charge is 0.199 e. The zero-order valence-corrected chi connectivity index (χ0v) is 15.1. The van der Waals surface area contributed by atoms with Crippen LogP contribution < -0.4 is 5.73 Å². The number of halogens is 1. The Hall–Kier alpha value is -3.31. The van der Waals surface area contributed by atoms with Gasteiger partial charge in [-0.2, -0.15) is 5.26 Å². The second-order valence-corrected chi connectivity index (χ2v) is 6.31. The third-order valence-corrected chi connectivity index (χ3v) is 4.57. The normalized spacial score (nSPS) is 10.8. The van der Waals surface area contributed by atoms with Crippen LogP contribution in [0.3, 0.4) is 0 Å². The van der Waals surface area contributed by atoms with Crippen LogP contribution in [0.25, 0.3) is 16.9 Å². The van der Waals surface area contributed by atoms with Gasteiger partial charge < -0.3 is 5.73 Å². The fraction of sp³-hybridized carbons (Fsp3) is 0.0556. The fourth-order valence-corrected chi connectivity index (χ4v) is 3.22. The van der Waals surface area contributed by atoms with E-state index in [4.69, 9.17) is 5.73 Å². The summed E-state index contributed by atoms with van der Waals surface area (Å²) in [5, 5.41) is 13.9. The lowest BCUT2D eigenvalue weighted by Crippen LogP contribution is -2.03. The van der Waals surface area contributed by atoms with Gasteiger partial charge in [0.15, 0.2) is 17.3 Å². The molecule has 8 heteroatoms. The topological polar surface area (TPSA) is 106 Å². The number of nitriles is 1. The van der Waals surface area contributed by atoms with Crippen molar-refractivity contribution in [3.05, 3.63) is 70.3 Å². The molecular weight excluding hydrogens is 394 g/mol. The second kappa shape index (κ2) is 6.54. The van der Waals surface area contributed by atoms with Crippen molar-refractivity contribution in [1.29, 1.82) is 5.26 Å². The molecule has 3 aromatic heterocycles. The number of benzene rings is 1. The Bertz CT molecular complexity index is 1150. The van der Waals surface area contributed by atoms with Gasteiger partial charge in [-0.05, 0) is 34.1 Å². The summed E-state index contributed by atoms with van der Waals surface area (Å²) < 4.78 is 2.19. The molecule has 3 heterocycles. The van der Waals surface area contributed by atoms with E-state index in [1.54, 1.807) is 22.8 Å². The number of nitrogens with two attached hydrogens (primary N) is 1. The molecule has 0 unspecified atom stereocenters. The van der Waals surface area contributed by atoms with Crippen LogP contribution in [0.4, 0.5) is 5.82 Å². The minimum Gasteiger partial charge on any atom is -0.381 e. The van der Waals surface area contributed by atoms with E-state index in [0.717, 1.165) is 5.69 Å². The molecule has 4 aromatic rings. The summed E-state index contributed by atoms with van der Waals surface area (Å²) in [4.78, 5) is 13.2. The molecule has 0 fully saturated rings. The summed E-state index contributed by atoms with van der Waals surface area (Å²) in [6, 6.07) is 15.1. The van der Waals surface area contributed by atoms with E-state index >= 15 is 0 Å². The molecule has 0 spiro atoms. The Labute approximate surface area is 157 Å². The molecule has 7 nitrogen and oxygen atoms in total. The van der Waals surface area contributed by atoms with Crippen LogP contribution in [-0.4, -0.2) is 24.6 Å². The summed E-state index contributed by atoms with van der Waals surface area (Å²) in [7, 11) is 0. The molecule has 0 amide bonds. The number of pyridine rings is 1. The first-order valence-corrected chi connectivity index (χ1v) is 8.56. The lowest BCUT2D eigenvalue weighted by atomic mass is 10.1. The minimum absolute atomic E-state index is 0.246. The van der Waals surface area contributed by atoms with Crippen LogP contribution >= 0.6 is 15.9 Å². The minimum atomic E-state index is 0.246. The van der Waals surface area contributed by atoms with E-state index in [9.17, 15) is 5.26 Å². The van der Waals surface area contributed by atoms with Crippen molar-refractivity contribution in [2.24, 2.45) is 0 Å². The van der Waals surface area contributed by atoms with Gasteiger partial charge in [0, 0.05) is 17.5 Å². The van der Waals surface area contributed by atoms with Gasteiger partial charge in [0.05, 0.1) is 18.1 Å². The molecule has 0 aliphatic carbocycles. The molecule has 0 aliphatic heterocycles. The van der Waals surface area contributed by atoms with Crippen LogP contribution in [0, 0.1) is 11.3 Å². The van der Waals surface area contributed by atoms with Crippen LogP contribution in [0.1, 0.15) is 17.1 Å². The SMILES string of the molecule is N#Cc1ccccc1-c1nc(N)c2nc(Cc3ccccn3)nn2c1Br. The van der Waals surface area contributed by atoms with E-state index in [0.29, 0.717) is 39.3 Å². The number of anilines is 1. The van der Waals surface area contributed by atoms with E-state index in [-0.39, 0.29) is 5.82 Å². The summed E-state index contributed by atoms with van der Waals surface area (Å²) in [6.07, 6.45) is 2.21. The molecule has 26 heavy (non-hydrogen) atoms. The average molecular weight is 406 g/mol. The number of hydrogen-bond donors (Lipinski definition) is 1. The van der Waals surface area contributed by atoms with E-state index < -0.39 is 0 Å². The number of nitrogens with zero attached hydrogens (tertiary/aromatic N) is 6.